The molecule has 0 amide bonds. The van der Waals surface area contributed by atoms with Gasteiger partial charge in [-0.3, -0.25) is 14.4 Å². The molecular weight excluding hydrogens is 913 g/mol. The fraction of sp³-hybridized carbons (Fsp3) is 0.662. The molecule has 0 aliphatic carbocycles. The molecule has 0 aromatic heterocycles. The third-order valence-corrected chi connectivity index (χ3v) is 12.7. The Balaban J connectivity index is 4.49. The predicted octanol–water partition coefficient (Wildman–Crippen LogP) is 20.8. The Morgan fingerprint density at radius 1 is 0.284 bits per heavy atom. The van der Waals surface area contributed by atoms with Crippen LogP contribution in [0, 0.1) is 0 Å². The Labute approximate surface area is 456 Å². The van der Waals surface area contributed by atoms with Gasteiger partial charge in [0.15, 0.2) is 6.10 Å². The van der Waals surface area contributed by atoms with Crippen LogP contribution in [0.2, 0.25) is 0 Å². The van der Waals surface area contributed by atoms with Crippen LogP contribution in [-0.2, 0) is 28.6 Å². The van der Waals surface area contributed by atoms with Crippen molar-refractivity contribution >= 4 is 17.9 Å². The number of ether oxygens (including phenoxy) is 3. The number of hydrogen-bond donors (Lipinski definition) is 0. The minimum Gasteiger partial charge on any atom is -0.462 e. The lowest BCUT2D eigenvalue weighted by molar-refractivity contribution is -0.167. The van der Waals surface area contributed by atoms with Gasteiger partial charge in [0, 0.05) is 19.3 Å². The first-order valence-electron chi connectivity index (χ1n) is 30.5. The fourth-order valence-electron chi connectivity index (χ4n) is 8.10. The molecule has 420 valence electrons. The van der Waals surface area contributed by atoms with Crippen LogP contribution in [0.3, 0.4) is 0 Å². The van der Waals surface area contributed by atoms with Crippen molar-refractivity contribution in [3.63, 3.8) is 0 Å². The van der Waals surface area contributed by atoms with Crippen molar-refractivity contribution in [1.82, 2.24) is 0 Å². The van der Waals surface area contributed by atoms with Gasteiger partial charge in [-0.05, 0) is 128 Å². The first-order valence-corrected chi connectivity index (χ1v) is 30.5. The molecule has 74 heavy (non-hydrogen) atoms. The normalized spacial score (nSPS) is 13.0. The van der Waals surface area contributed by atoms with Gasteiger partial charge in [-0.2, -0.15) is 0 Å². The van der Waals surface area contributed by atoms with Gasteiger partial charge in [-0.15, -0.1) is 0 Å². The lowest BCUT2D eigenvalue weighted by Gasteiger charge is -2.18. The van der Waals surface area contributed by atoms with Gasteiger partial charge in [-0.1, -0.05) is 245 Å². The lowest BCUT2D eigenvalue weighted by Crippen LogP contribution is -2.30. The lowest BCUT2D eigenvalue weighted by atomic mass is 10.1. The Hall–Kier alpha value is -4.19. The van der Waals surface area contributed by atoms with E-state index in [1.54, 1.807) is 0 Å². The highest BCUT2D eigenvalue weighted by Crippen LogP contribution is 2.14. The molecule has 0 aliphatic rings. The molecule has 6 heteroatoms. The van der Waals surface area contributed by atoms with Gasteiger partial charge in [0.1, 0.15) is 13.2 Å². The maximum atomic E-state index is 12.9. The minimum absolute atomic E-state index is 0.104. The first-order chi connectivity index (χ1) is 36.5. The van der Waals surface area contributed by atoms with E-state index in [2.05, 4.69) is 142 Å². The summed E-state index contributed by atoms with van der Waals surface area (Å²) in [4.78, 5) is 38.2. The molecule has 0 radical (unpaired) electrons. The van der Waals surface area contributed by atoms with E-state index in [1.807, 2.05) is 0 Å². The van der Waals surface area contributed by atoms with Crippen LogP contribution in [0.15, 0.2) is 122 Å². The molecule has 0 saturated carbocycles. The standard InChI is InChI=1S/C68H112O6/c1-4-7-10-13-16-19-22-25-28-30-32-33-34-35-37-38-40-43-46-49-52-55-58-61-67(70)73-64-65(63-72-66(69)60-57-54-51-48-45-42-27-24-21-18-15-12-9-6-3)74-68(71)62-59-56-53-50-47-44-41-39-36-31-29-26-23-20-17-14-11-8-5-2/h7,10,16-17,19-20,24-29,32-33,35,37,40,43,49,52,65H,4-6,8-9,11-15,18,21-23,30-31,34,36,38-39,41-42,44-48,50-51,53-64H2,1-3H3/b10-7-,19-16-,20-17-,27-24-,28-25-,29-26-,33-32-,37-35-,43-40-,52-49-. The third-order valence-electron chi connectivity index (χ3n) is 12.7. The van der Waals surface area contributed by atoms with E-state index in [4.69, 9.17) is 14.2 Å². The maximum absolute atomic E-state index is 12.9. The predicted molar refractivity (Wildman–Crippen MR) is 320 cm³/mol. The molecule has 0 bridgehead atoms. The first kappa shape index (κ1) is 69.8. The summed E-state index contributed by atoms with van der Waals surface area (Å²) >= 11 is 0. The molecule has 1 unspecified atom stereocenters. The highest BCUT2D eigenvalue weighted by Gasteiger charge is 2.19. The Morgan fingerprint density at radius 2 is 0.541 bits per heavy atom. The zero-order chi connectivity index (χ0) is 53.6. The fourth-order valence-corrected chi connectivity index (χ4v) is 8.10. The van der Waals surface area contributed by atoms with Crippen molar-refractivity contribution in [2.75, 3.05) is 13.2 Å². The summed E-state index contributed by atoms with van der Waals surface area (Å²) in [5.74, 6) is -0.977. The van der Waals surface area contributed by atoms with Crippen molar-refractivity contribution in [2.24, 2.45) is 0 Å². The van der Waals surface area contributed by atoms with Crippen LogP contribution < -0.4 is 0 Å². The molecule has 0 saturated heterocycles. The van der Waals surface area contributed by atoms with Crippen LogP contribution in [-0.4, -0.2) is 37.2 Å². The number of unbranched alkanes of at least 4 members (excludes halogenated alkanes) is 23. The molecule has 0 rings (SSSR count). The average Bonchev–Trinajstić information content (AvgIpc) is 3.40. The number of carbonyl (C=O) groups is 3. The molecule has 1 atom stereocenters. The van der Waals surface area contributed by atoms with E-state index in [0.29, 0.717) is 19.3 Å². The number of rotatable bonds is 54. The highest BCUT2D eigenvalue weighted by molar-refractivity contribution is 5.71. The molecule has 0 fully saturated rings. The van der Waals surface area contributed by atoms with E-state index in [0.717, 1.165) is 109 Å². The molecule has 0 aliphatic heterocycles. The molecule has 0 spiro atoms. The van der Waals surface area contributed by atoms with Crippen LogP contribution >= 0.6 is 0 Å². The van der Waals surface area contributed by atoms with E-state index in [9.17, 15) is 14.4 Å². The smallest absolute Gasteiger partial charge is 0.306 e. The SMILES string of the molecule is CC/C=C\C/C=C\C/C=C\C/C=C\C/C=C\C/C=C\C/C=C\CCCC(=O)OCC(COC(=O)CCCCCCC/C=C\CCCCCCC)OC(=O)CCCCCCCCCCC/C=C\C/C=C\CCCCC. The quantitative estimate of drug-likeness (QED) is 0.0261. The Bertz CT molecular complexity index is 1550. The van der Waals surface area contributed by atoms with E-state index < -0.39 is 6.10 Å². The molecular formula is C68H112O6. The Morgan fingerprint density at radius 3 is 0.919 bits per heavy atom. The van der Waals surface area contributed by atoms with Crippen molar-refractivity contribution in [1.29, 1.82) is 0 Å². The molecule has 0 aromatic carbocycles. The summed E-state index contributed by atoms with van der Waals surface area (Å²) in [7, 11) is 0. The molecule has 0 aromatic rings. The zero-order valence-corrected chi connectivity index (χ0v) is 48.1. The second-order valence-electron chi connectivity index (χ2n) is 19.9. The monoisotopic (exact) mass is 1020 g/mol. The molecule has 0 N–H and O–H groups in total. The van der Waals surface area contributed by atoms with E-state index in [-0.39, 0.29) is 37.5 Å². The Kier molecular flexibility index (Phi) is 57.9. The second kappa shape index (κ2) is 61.4. The van der Waals surface area contributed by atoms with Crippen molar-refractivity contribution in [3.8, 4) is 0 Å². The molecule has 0 heterocycles. The third kappa shape index (κ3) is 58.7. The number of esters is 3. The number of allylic oxidation sites excluding steroid dienone is 20. The van der Waals surface area contributed by atoms with Gasteiger partial charge in [0.2, 0.25) is 0 Å². The van der Waals surface area contributed by atoms with Crippen LogP contribution in [0.25, 0.3) is 0 Å². The average molecular weight is 1030 g/mol. The largest absolute Gasteiger partial charge is 0.462 e. The van der Waals surface area contributed by atoms with Gasteiger partial charge < -0.3 is 14.2 Å². The number of carbonyl (C=O) groups excluding carboxylic acids is 3. The topological polar surface area (TPSA) is 78.9 Å². The van der Waals surface area contributed by atoms with Gasteiger partial charge >= 0.3 is 17.9 Å². The van der Waals surface area contributed by atoms with Crippen LogP contribution in [0.4, 0.5) is 0 Å². The summed E-state index contributed by atoms with van der Waals surface area (Å²) in [6.07, 6.45) is 84.8. The van der Waals surface area contributed by atoms with Crippen molar-refractivity contribution in [2.45, 2.75) is 277 Å². The summed E-state index contributed by atoms with van der Waals surface area (Å²) in [5, 5.41) is 0. The summed E-state index contributed by atoms with van der Waals surface area (Å²) < 4.78 is 16.8. The van der Waals surface area contributed by atoms with Crippen molar-refractivity contribution < 1.29 is 28.6 Å². The minimum atomic E-state index is -0.811. The van der Waals surface area contributed by atoms with Crippen LogP contribution in [0.5, 0.6) is 0 Å². The van der Waals surface area contributed by atoms with Crippen LogP contribution in [0.1, 0.15) is 271 Å². The van der Waals surface area contributed by atoms with E-state index >= 15 is 0 Å². The highest BCUT2D eigenvalue weighted by atomic mass is 16.6. The molecule has 6 nitrogen and oxygen atoms in total. The van der Waals surface area contributed by atoms with Crippen molar-refractivity contribution in [3.05, 3.63) is 122 Å². The summed E-state index contributed by atoms with van der Waals surface area (Å²) in [5.41, 5.74) is 0. The summed E-state index contributed by atoms with van der Waals surface area (Å²) in [6, 6.07) is 0. The van der Waals surface area contributed by atoms with E-state index in [1.165, 1.54) is 116 Å². The summed E-state index contributed by atoms with van der Waals surface area (Å²) in [6.45, 7) is 6.44. The van der Waals surface area contributed by atoms with Gasteiger partial charge in [0.05, 0.1) is 0 Å². The number of hydrogen-bond acceptors (Lipinski definition) is 6. The van der Waals surface area contributed by atoms with Gasteiger partial charge in [0.25, 0.3) is 0 Å². The zero-order valence-electron chi connectivity index (χ0n) is 48.1. The second-order valence-corrected chi connectivity index (χ2v) is 19.9. The maximum Gasteiger partial charge on any atom is 0.306 e. The van der Waals surface area contributed by atoms with Gasteiger partial charge in [-0.25, -0.2) is 0 Å².